The molecule has 1 aromatic carbocycles. The number of rotatable bonds is 1. The number of hydrogen-bond acceptors (Lipinski definition) is 3. The Morgan fingerprint density at radius 3 is 2.38 bits per heavy atom. The number of benzene rings is 1. The summed E-state index contributed by atoms with van der Waals surface area (Å²) in [5.74, 6) is 0.188. The monoisotopic (exact) mass is 218 g/mol. The van der Waals surface area contributed by atoms with Crippen molar-refractivity contribution in [2.45, 2.75) is 6.92 Å². The minimum Gasteiger partial charge on any atom is -0.508 e. The molecule has 0 radical (unpaired) electrons. The normalized spacial score (nSPS) is 10.3. The molecule has 2 rings (SSSR count). The van der Waals surface area contributed by atoms with Gasteiger partial charge < -0.3 is 15.3 Å². The lowest BCUT2D eigenvalue weighted by molar-refractivity contribution is -0.603. The van der Waals surface area contributed by atoms with Crippen molar-refractivity contribution in [1.29, 1.82) is 0 Å². The third-order valence-corrected chi connectivity index (χ3v) is 2.36. The molecule has 0 saturated heterocycles. The highest BCUT2D eigenvalue weighted by molar-refractivity contribution is 5.44. The van der Waals surface area contributed by atoms with Crippen molar-refractivity contribution in [2.24, 2.45) is 0 Å². The average Bonchev–Trinajstić information content (AvgIpc) is 2.25. The van der Waals surface area contributed by atoms with Gasteiger partial charge in [-0.2, -0.15) is 4.57 Å². The Morgan fingerprint density at radius 2 is 1.62 bits per heavy atom. The first kappa shape index (κ1) is 10.3. The number of aryl methyl sites for hydroxylation is 1. The minimum absolute atomic E-state index is 0.0384. The molecule has 4 heteroatoms. The molecule has 16 heavy (non-hydrogen) atoms. The SMILES string of the molecule is Cc1ccc(O)c[n+]1-c1cc(O)ccc1O. The summed E-state index contributed by atoms with van der Waals surface area (Å²) in [6, 6.07) is 7.52. The number of pyridine rings is 1. The molecule has 0 saturated carbocycles. The third-order valence-electron chi connectivity index (χ3n) is 2.36. The van der Waals surface area contributed by atoms with Gasteiger partial charge in [-0.15, -0.1) is 0 Å². The molecule has 0 aliphatic carbocycles. The quantitative estimate of drug-likeness (QED) is 0.500. The lowest BCUT2D eigenvalue weighted by atomic mass is 10.2. The van der Waals surface area contributed by atoms with Gasteiger partial charge in [0.1, 0.15) is 5.75 Å². The number of phenols is 2. The fourth-order valence-corrected chi connectivity index (χ4v) is 1.53. The Balaban J connectivity index is 2.66. The minimum atomic E-state index is 0.0384. The zero-order valence-electron chi connectivity index (χ0n) is 8.75. The molecule has 0 spiro atoms. The predicted octanol–water partition coefficient (Wildman–Crippen LogP) is 1.39. The van der Waals surface area contributed by atoms with E-state index in [1.165, 1.54) is 24.4 Å². The van der Waals surface area contributed by atoms with Crippen molar-refractivity contribution >= 4 is 0 Å². The molecule has 0 unspecified atom stereocenters. The van der Waals surface area contributed by atoms with Gasteiger partial charge >= 0.3 is 0 Å². The molecular weight excluding hydrogens is 206 g/mol. The number of phenolic OH excluding ortho intramolecular Hbond substituents is 2. The summed E-state index contributed by atoms with van der Waals surface area (Å²) in [6.45, 7) is 1.84. The molecule has 82 valence electrons. The van der Waals surface area contributed by atoms with E-state index >= 15 is 0 Å². The van der Waals surface area contributed by atoms with Crippen LogP contribution in [0.4, 0.5) is 0 Å². The van der Waals surface area contributed by atoms with Crippen LogP contribution in [0.2, 0.25) is 0 Å². The molecule has 4 nitrogen and oxygen atoms in total. The lowest BCUT2D eigenvalue weighted by Crippen LogP contribution is -2.33. The average molecular weight is 218 g/mol. The standard InChI is InChI=1S/C12H11NO3/c1-8-2-3-10(15)7-13(8)11-6-9(14)4-5-12(11)16/h2-7H,1H3,(H2-,14,15,16)/p+1. The van der Waals surface area contributed by atoms with E-state index in [-0.39, 0.29) is 17.2 Å². The van der Waals surface area contributed by atoms with Gasteiger partial charge in [0.25, 0.3) is 5.69 Å². The second kappa shape index (κ2) is 3.73. The molecule has 0 bridgehead atoms. The van der Waals surface area contributed by atoms with Gasteiger partial charge in [0.05, 0.1) is 6.07 Å². The van der Waals surface area contributed by atoms with Crippen LogP contribution in [0.25, 0.3) is 5.69 Å². The first-order chi connectivity index (χ1) is 7.58. The fraction of sp³-hybridized carbons (Fsp3) is 0.0833. The molecule has 0 aliphatic heterocycles. The van der Waals surface area contributed by atoms with Crippen LogP contribution >= 0.6 is 0 Å². The van der Waals surface area contributed by atoms with E-state index in [0.29, 0.717) is 5.69 Å². The van der Waals surface area contributed by atoms with E-state index in [0.717, 1.165) is 5.69 Å². The summed E-state index contributed by atoms with van der Waals surface area (Å²) in [5, 5.41) is 28.5. The van der Waals surface area contributed by atoms with Crippen LogP contribution in [-0.4, -0.2) is 15.3 Å². The van der Waals surface area contributed by atoms with Crippen LogP contribution in [0.15, 0.2) is 36.5 Å². The van der Waals surface area contributed by atoms with Gasteiger partial charge in [-0.3, -0.25) is 0 Å². The second-order valence-electron chi connectivity index (χ2n) is 3.57. The maximum absolute atomic E-state index is 9.69. The molecule has 0 fully saturated rings. The second-order valence-corrected chi connectivity index (χ2v) is 3.57. The summed E-state index contributed by atoms with van der Waals surface area (Å²) >= 11 is 0. The maximum Gasteiger partial charge on any atom is 0.256 e. The first-order valence-electron chi connectivity index (χ1n) is 4.81. The Morgan fingerprint density at radius 1 is 0.938 bits per heavy atom. The van der Waals surface area contributed by atoms with Crippen molar-refractivity contribution in [1.82, 2.24) is 0 Å². The van der Waals surface area contributed by atoms with E-state index in [4.69, 9.17) is 0 Å². The van der Waals surface area contributed by atoms with Crippen LogP contribution in [0, 0.1) is 6.92 Å². The Labute approximate surface area is 92.7 Å². The van der Waals surface area contributed by atoms with Gasteiger partial charge in [0.2, 0.25) is 6.20 Å². The van der Waals surface area contributed by atoms with Gasteiger partial charge in [0, 0.05) is 13.0 Å². The highest BCUT2D eigenvalue weighted by Crippen LogP contribution is 2.22. The largest absolute Gasteiger partial charge is 0.508 e. The van der Waals surface area contributed by atoms with Gasteiger partial charge in [-0.1, -0.05) is 0 Å². The van der Waals surface area contributed by atoms with E-state index in [9.17, 15) is 15.3 Å². The molecule has 0 atom stereocenters. The van der Waals surface area contributed by atoms with Crippen LogP contribution in [0.3, 0.4) is 0 Å². The maximum atomic E-state index is 9.69. The lowest BCUT2D eigenvalue weighted by Gasteiger charge is -2.02. The zero-order chi connectivity index (χ0) is 11.7. The molecule has 1 heterocycles. The Bertz CT molecular complexity index is 488. The molecule has 0 aliphatic rings. The molecule has 3 N–H and O–H groups in total. The van der Waals surface area contributed by atoms with Gasteiger partial charge in [-0.25, -0.2) is 0 Å². The van der Waals surface area contributed by atoms with Crippen LogP contribution in [-0.2, 0) is 0 Å². The summed E-state index contributed by atoms with van der Waals surface area (Å²) < 4.78 is 1.60. The molecule has 1 aromatic heterocycles. The first-order valence-corrected chi connectivity index (χ1v) is 4.81. The highest BCUT2D eigenvalue weighted by Gasteiger charge is 2.16. The number of aromatic nitrogens is 1. The highest BCUT2D eigenvalue weighted by atomic mass is 16.3. The summed E-state index contributed by atoms with van der Waals surface area (Å²) in [6.07, 6.45) is 1.48. The fourth-order valence-electron chi connectivity index (χ4n) is 1.53. The van der Waals surface area contributed by atoms with Crippen molar-refractivity contribution in [3.63, 3.8) is 0 Å². The van der Waals surface area contributed by atoms with Crippen molar-refractivity contribution in [3.8, 4) is 22.9 Å². The van der Waals surface area contributed by atoms with Crippen molar-refractivity contribution < 1.29 is 19.9 Å². The van der Waals surface area contributed by atoms with Crippen LogP contribution in [0.5, 0.6) is 17.2 Å². The molecular formula is C12H12NO3+. The summed E-state index contributed by atoms with van der Waals surface area (Å²) in [5.41, 5.74) is 1.26. The van der Waals surface area contributed by atoms with E-state index in [1.54, 1.807) is 16.7 Å². The third kappa shape index (κ3) is 1.77. The van der Waals surface area contributed by atoms with Gasteiger partial charge in [0.15, 0.2) is 17.2 Å². The Hall–Kier alpha value is -2.23. The topological polar surface area (TPSA) is 64.6 Å². The summed E-state index contributed by atoms with van der Waals surface area (Å²) in [7, 11) is 0. The zero-order valence-corrected chi connectivity index (χ0v) is 8.75. The number of nitrogens with zero attached hydrogens (tertiary/aromatic N) is 1. The number of hydrogen-bond donors (Lipinski definition) is 3. The molecule has 2 aromatic rings. The van der Waals surface area contributed by atoms with Crippen molar-refractivity contribution in [2.75, 3.05) is 0 Å². The summed E-state index contributed by atoms with van der Waals surface area (Å²) in [4.78, 5) is 0. The predicted molar refractivity (Wildman–Crippen MR) is 57.7 cm³/mol. The van der Waals surface area contributed by atoms with Crippen LogP contribution < -0.4 is 4.57 Å². The van der Waals surface area contributed by atoms with Gasteiger partial charge in [-0.05, 0) is 18.2 Å². The molecule has 0 amide bonds. The van der Waals surface area contributed by atoms with Crippen molar-refractivity contribution in [3.05, 3.63) is 42.2 Å². The van der Waals surface area contributed by atoms with Crippen LogP contribution in [0.1, 0.15) is 5.69 Å². The number of aromatic hydroxyl groups is 3. The van der Waals surface area contributed by atoms with E-state index in [2.05, 4.69) is 0 Å². The van der Waals surface area contributed by atoms with E-state index in [1.807, 2.05) is 6.92 Å². The van der Waals surface area contributed by atoms with E-state index < -0.39 is 0 Å². The Kier molecular flexibility index (Phi) is 2.40. The smallest absolute Gasteiger partial charge is 0.256 e.